The van der Waals surface area contributed by atoms with Crippen LogP contribution in [0.5, 0.6) is 0 Å². The van der Waals surface area contributed by atoms with Crippen molar-refractivity contribution in [2.75, 3.05) is 6.61 Å². The summed E-state index contributed by atoms with van der Waals surface area (Å²) in [5.41, 5.74) is 6.58. The molecule has 0 radical (unpaired) electrons. The Morgan fingerprint density at radius 3 is 2.80 bits per heavy atom. The van der Waals surface area contributed by atoms with Crippen molar-refractivity contribution in [1.29, 1.82) is 5.26 Å². The van der Waals surface area contributed by atoms with Crippen molar-refractivity contribution in [2.45, 2.75) is 12.6 Å². The number of benzene rings is 1. The molecule has 0 aliphatic heterocycles. The molecule has 0 saturated carbocycles. The Kier molecular flexibility index (Phi) is 4.02. The van der Waals surface area contributed by atoms with Gasteiger partial charge in [-0.15, -0.1) is 0 Å². The lowest BCUT2D eigenvalue weighted by Crippen LogP contribution is -2.15. The molecule has 104 valence electrons. The average Bonchev–Trinajstić information content (AvgIpc) is 2.95. The third kappa shape index (κ3) is 2.49. The fraction of sp³-hybridized carbons (Fsp3) is 0.250. The lowest BCUT2D eigenvalue weighted by molar-refractivity contribution is 0.0582. The number of hydrogen-bond acceptors (Lipinski definition) is 5. The maximum absolute atomic E-state index is 12.8. The normalized spacial score (nSPS) is 12.4. The molecule has 0 bridgehead atoms. The number of aliphatic hydroxyl groups is 1. The van der Waals surface area contributed by atoms with Gasteiger partial charge in [-0.25, -0.2) is 4.98 Å². The minimum absolute atomic E-state index is 0.122. The Bertz CT molecular complexity index is 650. The molecule has 1 heterocycles. The molecule has 2 aromatic rings. The maximum atomic E-state index is 12.8. The molecule has 20 heavy (non-hydrogen) atoms. The molecule has 1 atom stereocenters. The van der Waals surface area contributed by atoms with Crippen molar-refractivity contribution in [1.82, 2.24) is 14.8 Å². The van der Waals surface area contributed by atoms with E-state index in [0.717, 1.165) is 6.33 Å². The number of nitriles is 1. The summed E-state index contributed by atoms with van der Waals surface area (Å²) in [4.78, 5) is 3.76. The van der Waals surface area contributed by atoms with Crippen LogP contribution < -0.4 is 5.73 Å². The van der Waals surface area contributed by atoms with Gasteiger partial charge in [0.15, 0.2) is 5.82 Å². The number of rotatable bonds is 4. The zero-order chi connectivity index (χ0) is 14.7. The molecule has 0 fully saturated rings. The SMILES string of the molecule is N#Cc1ccc(C(N)CO)cc1-c1ncnn1C(F)F. The molecule has 0 saturated heterocycles. The van der Waals surface area contributed by atoms with E-state index in [4.69, 9.17) is 16.1 Å². The first-order valence-electron chi connectivity index (χ1n) is 5.67. The van der Waals surface area contributed by atoms with Gasteiger partial charge in [0.05, 0.1) is 24.3 Å². The van der Waals surface area contributed by atoms with Crippen molar-refractivity contribution < 1.29 is 13.9 Å². The summed E-state index contributed by atoms with van der Waals surface area (Å²) in [6.45, 7) is -3.17. The molecule has 1 aromatic heterocycles. The lowest BCUT2D eigenvalue weighted by atomic mass is 10.0. The minimum Gasteiger partial charge on any atom is -0.394 e. The molecule has 1 unspecified atom stereocenters. The topological polar surface area (TPSA) is 101 Å². The van der Waals surface area contributed by atoms with Crippen LogP contribution in [0.2, 0.25) is 0 Å². The average molecular weight is 279 g/mol. The smallest absolute Gasteiger partial charge is 0.335 e. The van der Waals surface area contributed by atoms with Crippen LogP contribution in [-0.2, 0) is 0 Å². The molecular formula is C12H11F2N5O. The Labute approximate surface area is 113 Å². The number of hydrogen-bond donors (Lipinski definition) is 2. The van der Waals surface area contributed by atoms with Gasteiger partial charge in [-0.1, -0.05) is 6.07 Å². The largest absolute Gasteiger partial charge is 0.394 e. The molecular weight excluding hydrogens is 268 g/mol. The zero-order valence-electron chi connectivity index (χ0n) is 10.2. The first-order valence-corrected chi connectivity index (χ1v) is 5.67. The number of alkyl halides is 2. The van der Waals surface area contributed by atoms with E-state index in [1.54, 1.807) is 6.07 Å². The van der Waals surface area contributed by atoms with Crippen molar-refractivity contribution >= 4 is 0 Å². The van der Waals surface area contributed by atoms with E-state index in [2.05, 4.69) is 10.1 Å². The summed E-state index contributed by atoms with van der Waals surface area (Å²) >= 11 is 0. The van der Waals surface area contributed by atoms with Crippen LogP contribution in [0.15, 0.2) is 24.5 Å². The van der Waals surface area contributed by atoms with E-state index in [9.17, 15) is 8.78 Å². The summed E-state index contributed by atoms with van der Waals surface area (Å²) in [5, 5.41) is 21.5. The summed E-state index contributed by atoms with van der Waals surface area (Å²) in [6, 6.07) is 5.71. The molecule has 1 aromatic carbocycles. The first kappa shape index (κ1) is 14.0. The van der Waals surface area contributed by atoms with Crippen molar-refractivity contribution in [3.05, 3.63) is 35.7 Å². The second-order valence-corrected chi connectivity index (χ2v) is 4.01. The van der Waals surface area contributed by atoms with Gasteiger partial charge >= 0.3 is 6.55 Å². The molecule has 3 N–H and O–H groups in total. The van der Waals surface area contributed by atoms with Gasteiger partial charge in [-0.2, -0.15) is 23.8 Å². The maximum Gasteiger partial charge on any atom is 0.335 e. The molecule has 6 nitrogen and oxygen atoms in total. The van der Waals surface area contributed by atoms with Gasteiger partial charge in [-0.3, -0.25) is 0 Å². The van der Waals surface area contributed by atoms with Crippen LogP contribution in [0.4, 0.5) is 8.78 Å². The van der Waals surface area contributed by atoms with E-state index in [1.165, 1.54) is 12.1 Å². The van der Waals surface area contributed by atoms with Crippen LogP contribution >= 0.6 is 0 Å². The van der Waals surface area contributed by atoms with Crippen LogP contribution in [0.25, 0.3) is 11.4 Å². The standard InChI is InChI=1S/C12H11F2N5O/c13-12(14)19-11(17-6-18-19)9-3-7(10(16)5-20)1-2-8(9)4-15/h1-3,6,10,12,20H,5,16H2. The van der Waals surface area contributed by atoms with Crippen LogP contribution in [0.1, 0.15) is 23.7 Å². The quantitative estimate of drug-likeness (QED) is 0.875. The first-order chi connectivity index (χ1) is 9.58. The highest BCUT2D eigenvalue weighted by Crippen LogP contribution is 2.27. The molecule has 8 heteroatoms. The van der Waals surface area contributed by atoms with Crippen molar-refractivity contribution in [2.24, 2.45) is 5.73 Å². The summed E-state index contributed by atoms with van der Waals surface area (Å²) in [6.07, 6.45) is 0.987. The fourth-order valence-corrected chi connectivity index (χ4v) is 1.77. The Balaban J connectivity index is 2.59. The van der Waals surface area contributed by atoms with E-state index in [-0.39, 0.29) is 23.6 Å². The van der Waals surface area contributed by atoms with Crippen LogP contribution in [-0.4, -0.2) is 26.5 Å². The summed E-state index contributed by atoms with van der Waals surface area (Å²) in [5.74, 6) is -0.122. The van der Waals surface area contributed by atoms with Gasteiger partial charge in [-0.05, 0) is 17.7 Å². The van der Waals surface area contributed by atoms with Crippen molar-refractivity contribution in [3.63, 3.8) is 0 Å². The predicted octanol–water partition coefficient (Wildman–Crippen LogP) is 1.20. The van der Waals surface area contributed by atoms with E-state index < -0.39 is 12.6 Å². The number of nitrogens with zero attached hydrogens (tertiary/aromatic N) is 4. The van der Waals surface area contributed by atoms with Crippen LogP contribution in [0.3, 0.4) is 0 Å². The number of nitrogens with two attached hydrogens (primary N) is 1. The minimum atomic E-state index is -2.87. The monoisotopic (exact) mass is 279 g/mol. The van der Waals surface area contributed by atoms with E-state index in [0.29, 0.717) is 10.2 Å². The van der Waals surface area contributed by atoms with Gasteiger partial charge < -0.3 is 10.8 Å². The summed E-state index contributed by atoms with van der Waals surface area (Å²) < 4.78 is 26.1. The second-order valence-electron chi connectivity index (χ2n) is 4.01. The predicted molar refractivity (Wildman–Crippen MR) is 65.4 cm³/mol. The Morgan fingerprint density at radius 1 is 1.45 bits per heavy atom. The highest BCUT2D eigenvalue weighted by molar-refractivity contribution is 5.65. The Hall–Kier alpha value is -2.37. The molecule has 0 aliphatic carbocycles. The third-order valence-corrected chi connectivity index (χ3v) is 2.79. The Morgan fingerprint density at radius 2 is 2.20 bits per heavy atom. The molecule has 0 aliphatic rings. The third-order valence-electron chi connectivity index (χ3n) is 2.79. The van der Waals surface area contributed by atoms with Crippen LogP contribution in [0, 0.1) is 11.3 Å². The highest BCUT2D eigenvalue weighted by Gasteiger charge is 2.19. The second kappa shape index (κ2) is 5.73. The van der Waals surface area contributed by atoms with E-state index in [1.807, 2.05) is 6.07 Å². The highest BCUT2D eigenvalue weighted by atomic mass is 19.3. The fourth-order valence-electron chi connectivity index (χ4n) is 1.77. The summed E-state index contributed by atoms with van der Waals surface area (Å²) in [7, 11) is 0. The lowest BCUT2D eigenvalue weighted by Gasteiger charge is -2.12. The molecule has 0 spiro atoms. The van der Waals surface area contributed by atoms with Crippen molar-refractivity contribution in [3.8, 4) is 17.5 Å². The van der Waals surface area contributed by atoms with E-state index >= 15 is 0 Å². The van der Waals surface area contributed by atoms with Gasteiger partial charge in [0.2, 0.25) is 0 Å². The van der Waals surface area contributed by atoms with Gasteiger partial charge in [0.1, 0.15) is 6.33 Å². The number of aliphatic hydroxyl groups excluding tert-OH is 1. The van der Waals surface area contributed by atoms with Gasteiger partial charge in [0, 0.05) is 5.56 Å². The number of halogens is 2. The number of aromatic nitrogens is 3. The van der Waals surface area contributed by atoms with Gasteiger partial charge in [0.25, 0.3) is 0 Å². The zero-order valence-corrected chi connectivity index (χ0v) is 10.2. The molecule has 0 amide bonds. The molecule has 2 rings (SSSR count).